The molecule has 3 aromatic rings. The molecular weight excluding hydrogens is 416 g/mol. The molecule has 2 N–H and O–H groups in total. The first-order chi connectivity index (χ1) is 17.0. The van der Waals surface area contributed by atoms with Crippen molar-refractivity contribution in [1.29, 1.82) is 0 Å². The van der Waals surface area contributed by atoms with Crippen LogP contribution in [0.4, 0.5) is 23.1 Å². The van der Waals surface area contributed by atoms with Gasteiger partial charge in [0.25, 0.3) is 0 Å². The fourth-order valence-electron chi connectivity index (χ4n) is 7.25. The summed E-state index contributed by atoms with van der Waals surface area (Å²) in [6.07, 6.45) is 10.4. The van der Waals surface area contributed by atoms with Gasteiger partial charge in [0, 0.05) is 11.2 Å². The first-order valence-electron chi connectivity index (χ1n) is 13.0. The molecule has 0 amide bonds. The fraction of sp³-hybridized carbons (Fsp3) is 0.500. The lowest BCUT2D eigenvalue weighted by atomic mass is 9.50. The number of nitrogens with zero attached hydrogens (tertiary/aromatic N) is 7. The highest BCUT2D eigenvalue weighted by atomic mass is 16.3. The van der Waals surface area contributed by atoms with Gasteiger partial charge in [-0.2, -0.15) is 10.1 Å². The molecule has 4 aliphatic carbocycles. The zero-order valence-corrected chi connectivity index (χ0v) is 18.5. The lowest BCUT2D eigenvalue weighted by molar-refractivity contribution is -0.133. The van der Waals surface area contributed by atoms with Crippen LogP contribution in [0.15, 0.2) is 37.2 Å². The molecule has 3 aromatic heterocycles. The molecule has 4 saturated carbocycles. The third-order valence-corrected chi connectivity index (χ3v) is 8.10. The Kier molecular flexibility index (Phi) is 3.10. The second-order valence-electron chi connectivity index (χ2n) is 10.4. The van der Waals surface area contributed by atoms with E-state index in [0.717, 1.165) is 43.0 Å². The lowest BCUT2D eigenvalue weighted by Crippen LogP contribution is -2.65. The first-order valence-corrected chi connectivity index (χ1v) is 11.5. The molecule has 4 bridgehead atoms. The van der Waals surface area contributed by atoms with Gasteiger partial charge in [-0.1, -0.05) is 6.58 Å². The number of aliphatic hydroxyl groups is 1. The predicted octanol–water partition coefficient (Wildman–Crippen LogP) is 3.38. The van der Waals surface area contributed by atoms with Crippen LogP contribution >= 0.6 is 0 Å². The van der Waals surface area contributed by atoms with Crippen LogP contribution in [-0.2, 0) is 0 Å². The Hall–Kier alpha value is -3.20. The molecule has 9 nitrogen and oxygen atoms in total. The number of aromatic nitrogens is 5. The van der Waals surface area contributed by atoms with Crippen molar-refractivity contribution in [2.24, 2.45) is 11.8 Å². The monoisotopic (exact) mass is 447 g/mol. The molecule has 5 aliphatic rings. The third-order valence-electron chi connectivity index (χ3n) is 8.10. The van der Waals surface area contributed by atoms with Gasteiger partial charge in [-0.25, -0.2) is 14.5 Å². The second kappa shape index (κ2) is 6.22. The first kappa shape index (κ1) is 16.4. The minimum Gasteiger partial charge on any atom is -0.390 e. The highest BCUT2D eigenvalue weighted by Crippen LogP contribution is 2.62. The maximum Gasteiger partial charge on any atom is 0.229 e. The van der Waals surface area contributed by atoms with Crippen LogP contribution < -0.4 is 15.1 Å². The summed E-state index contributed by atoms with van der Waals surface area (Å²) in [6.45, 7) is 2.03. The zero-order valence-electron chi connectivity index (χ0n) is 21.5. The normalized spacial score (nSPS) is 33.9. The molecule has 4 fully saturated rings. The number of nitrogens with one attached hydrogen (secondary N) is 1. The van der Waals surface area contributed by atoms with Crippen molar-refractivity contribution in [3.63, 3.8) is 0 Å². The standard InChI is InChI=1S/C24H28N8O/c1-14-4-20-26-13-27-31(20)11-18(14)28-22-25-10-19-21(29-22)32(15(2)30(19)3)23-6-16-5-17(7-23)9-24(33,8-16)12-23/h4,10-11,13,16-17,33H,2,5-9,12H2,1,3H3,(H,25,28,29)/i1D3. The van der Waals surface area contributed by atoms with Crippen LogP contribution in [0.3, 0.4) is 0 Å². The third kappa shape index (κ3) is 2.68. The Balaban J connectivity index is 1.30. The average Bonchev–Trinajstić information content (AvgIpc) is 3.33. The number of fused-ring (bicyclic) bond motifs is 2. The van der Waals surface area contributed by atoms with Crippen molar-refractivity contribution >= 4 is 28.8 Å². The van der Waals surface area contributed by atoms with Crippen molar-refractivity contribution in [3.05, 3.63) is 42.8 Å². The number of hydrogen-bond donors (Lipinski definition) is 2. The molecule has 2 unspecified atom stereocenters. The summed E-state index contributed by atoms with van der Waals surface area (Å²) >= 11 is 0. The van der Waals surface area contributed by atoms with E-state index in [2.05, 4.69) is 31.9 Å². The van der Waals surface area contributed by atoms with Crippen molar-refractivity contribution < 1.29 is 9.22 Å². The smallest absolute Gasteiger partial charge is 0.229 e. The summed E-state index contributed by atoms with van der Waals surface area (Å²) in [7, 11) is 1.96. The van der Waals surface area contributed by atoms with Gasteiger partial charge in [-0.3, -0.25) is 0 Å². The number of rotatable bonds is 3. The summed E-state index contributed by atoms with van der Waals surface area (Å²) in [4.78, 5) is 17.7. The maximum absolute atomic E-state index is 11.4. The van der Waals surface area contributed by atoms with E-state index in [1.54, 1.807) is 12.4 Å². The molecule has 33 heavy (non-hydrogen) atoms. The van der Waals surface area contributed by atoms with Crippen LogP contribution in [0.25, 0.3) is 5.65 Å². The SMILES string of the molecule is [2H]C([2H])([2H])c1cc2ncnn2cc1Nc1ncc2c(n1)N(C13CC4CC(CC(O)(C4)C1)C3)C(=C)N2C. The molecular formula is C24H28N8O. The van der Waals surface area contributed by atoms with Crippen molar-refractivity contribution in [1.82, 2.24) is 24.6 Å². The Morgan fingerprint density at radius 3 is 2.82 bits per heavy atom. The van der Waals surface area contributed by atoms with E-state index in [1.807, 2.05) is 11.9 Å². The van der Waals surface area contributed by atoms with Crippen LogP contribution in [-0.4, -0.2) is 47.9 Å². The van der Waals surface area contributed by atoms with Crippen molar-refractivity contribution in [2.45, 2.75) is 56.5 Å². The number of anilines is 4. The van der Waals surface area contributed by atoms with Gasteiger partial charge in [0.2, 0.25) is 5.95 Å². The van der Waals surface area contributed by atoms with Crippen LogP contribution in [0.2, 0.25) is 0 Å². The summed E-state index contributed by atoms with van der Waals surface area (Å²) in [6, 6.07) is 1.51. The maximum atomic E-state index is 11.4. The minimum atomic E-state index is -2.36. The number of hydrogen-bond acceptors (Lipinski definition) is 8. The Morgan fingerprint density at radius 1 is 1.24 bits per heavy atom. The molecule has 2 atom stereocenters. The van der Waals surface area contributed by atoms with Crippen LogP contribution in [0, 0.1) is 18.7 Å². The highest BCUT2D eigenvalue weighted by Gasteiger charge is 2.61. The van der Waals surface area contributed by atoms with Gasteiger partial charge in [0.1, 0.15) is 17.8 Å². The summed E-state index contributed by atoms with van der Waals surface area (Å²) < 4.78 is 25.6. The van der Waals surface area contributed by atoms with Gasteiger partial charge in [0.05, 0.1) is 29.2 Å². The summed E-state index contributed by atoms with van der Waals surface area (Å²) in [5.41, 5.74) is 0.899. The van der Waals surface area contributed by atoms with E-state index in [4.69, 9.17) is 9.10 Å². The Labute approximate surface area is 196 Å². The van der Waals surface area contributed by atoms with E-state index >= 15 is 0 Å². The second-order valence-corrected chi connectivity index (χ2v) is 10.4. The van der Waals surface area contributed by atoms with E-state index in [1.165, 1.54) is 23.3 Å². The van der Waals surface area contributed by atoms with Gasteiger partial charge < -0.3 is 20.2 Å². The zero-order chi connectivity index (χ0) is 25.0. The molecule has 8 rings (SSSR count). The van der Waals surface area contributed by atoms with E-state index in [0.29, 0.717) is 29.6 Å². The van der Waals surface area contributed by atoms with E-state index in [9.17, 15) is 5.11 Å². The number of aryl methyl sites for hydroxylation is 1. The topological polar surface area (TPSA) is 94.7 Å². The van der Waals surface area contributed by atoms with Crippen LogP contribution in [0.5, 0.6) is 0 Å². The van der Waals surface area contributed by atoms with Gasteiger partial charge in [-0.15, -0.1) is 0 Å². The predicted molar refractivity (Wildman–Crippen MR) is 125 cm³/mol. The lowest BCUT2D eigenvalue weighted by Gasteiger charge is -2.62. The highest BCUT2D eigenvalue weighted by molar-refractivity contribution is 5.81. The quantitative estimate of drug-likeness (QED) is 0.631. The molecule has 170 valence electrons. The summed E-state index contributed by atoms with van der Waals surface area (Å²) in [5, 5.41) is 18.6. The summed E-state index contributed by atoms with van der Waals surface area (Å²) in [5.74, 6) is 2.87. The van der Waals surface area contributed by atoms with Gasteiger partial charge in [-0.05, 0) is 68.8 Å². The number of pyridine rings is 1. The minimum absolute atomic E-state index is 0.119. The van der Waals surface area contributed by atoms with Crippen molar-refractivity contribution in [3.8, 4) is 0 Å². The molecule has 4 heterocycles. The molecule has 0 aromatic carbocycles. The average molecular weight is 448 g/mol. The molecule has 0 spiro atoms. The molecule has 9 heteroatoms. The van der Waals surface area contributed by atoms with Gasteiger partial charge in [0.15, 0.2) is 11.5 Å². The van der Waals surface area contributed by atoms with Crippen LogP contribution in [0.1, 0.15) is 48.2 Å². The Morgan fingerprint density at radius 2 is 2.06 bits per heavy atom. The van der Waals surface area contributed by atoms with Gasteiger partial charge >= 0.3 is 0 Å². The van der Waals surface area contributed by atoms with Crippen molar-refractivity contribution in [2.75, 3.05) is 22.2 Å². The largest absolute Gasteiger partial charge is 0.390 e. The molecule has 1 aliphatic heterocycles. The van der Waals surface area contributed by atoms with E-state index in [-0.39, 0.29) is 17.1 Å². The fourth-order valence-corrected chi connectivity index (χ4v) is 7.25. The molecule has 0 saturated heterocycles. The van der Waals surface area contributed by atoms with E-state index < -0.39 is 12.5 Å². The molecule has 0 radical (unpaired) electrons. The Bertz CT molecular complexity index is 1400.